The van der Waals surface area contributed by atoms with Gasteiger partial charge in [0.2, 0.25) is 11.2 Å². The minimum atomic E-state index is 0.114. The third-order valence-corrected chi connectivity index (χ3v) is 3.07. The van der Waals surface area contributed by atoms with Gasteiger partial charge in [0.25, 0.3) is 0 Å². The van der Waals surface area contributed by atoms with Crippen molar-refractivity contribution in [2.24, 2.45) is 0 Å². The summed E-state index contributed by atoms with van der Waals surface area (Å²) < 4.78 is 6.01. The molecule has 100 valence electrons. The Balaban J connectivity index is 2.20. The van der Waals surface area contributed by atoms with Crippen LogP contribution in [-0.2, 0) is 6.54 Å². The van der Waals surface area contributed by atoms with E-state index in [1.807, 2.05) is 36.2 Å². The average molecular weight is 344 g/mol. The highest BCUT2D eigenvalue weighted by atomic mass is 79.9. The molecule has 1 aromatic heterocycles. The van der Waals surface area contributed by atoms with Crippen LogP contribution < -0.4 is 9.64 Å². The fraction of sp³-hybridized carbons (Fsp3) is 0.250. The Kier molecular flexibility index (Phi) is 4.55. The third-order valence-electron chi connectivity index (χ3n) is 2.41. The molecule has 0 radical (unpaired) electrons. The minimum absolute atomic E-state index is 0.114. The van der Waals surface area contributed by atoms with E-state index in [4.69, 9.17) is 16.3 Å². The van der Waals surface area contributed by atoms with E-state index in [1.54, 1.807) is 0 Å². The zero-order chi connectivity index (χ0) is 13.8. The van der Waals surface area contributed by atoms with Crippen molar-refractivity contribution in [3.63, 3.8) is 0 Å². The first-order chi connectivity index (χ1) is 9.08. The molecule has 0 spiro atoms. The zero-order valence-corrected chi connectivity index (χ0v) is 12.8. The van der Waals surface area contributed by atoms with Crippen LogP contribution in [0, 0.1) is 0 Å². The van der Waals surface area contributed by atoms with E-state index in [2.05, 4.69) is 30.9 Å². The van der Waals surface area contributed by atoms with Crippen LogP contribution in [0.1, 0.15) is 5.56 Å². The number of hydrogen-bond donors (Lipinski definition) is 0. The number of benzene rings is 1. The average Bonchev–Trinajstić information content (AvgIpc) is 2.38. The number of ether oxygens (including phenoxy) is 1. The third kappa shape index (κ3) is 3.78. The maximum absolute atomic E-state index is 5.82. The molecule has 1 aromatic carbocycles. The van der Waals surface area contributed by atoms with Crippen molar-refractivity contribution in [1.82, 2.24) is 15.0 Å². The summed E-state index contributed by atoms with van der Waals surface area (Å²) in [6.45, 7) is 0.656. The highest BCUT2D eigenvalue weighted by Gasteiger charge is 2.10. The summed E-state index contributed by atoms with van der Waals surface area (Å²) in [7, 11) is 3.37. The van der Waals surface area contributed by atoms with Gasteiger partial charge in [0.05, 0.1) is 7.11 Å². The Morgan fingerprint density at radius 1 is 1.32 bits per heavy atom. The maximum Gasteiger partial charge on any atom is 0.322 e. The molecule has 5 nitrogen and oxygen atoms in total. The fourth-order valence-corrected chi connectivity index (χ4v) is 2.16. The normalized spacial score (nSPS) is 10.3. The van der Waals surface area contributed by atoms with Crippen LogP contribution in [0.4, 0.5) is 5.95 Å². The van der Waals surface area contributed by atoms with Crippen molar-refractivity contribution < 1.29 is 4.74 Å². The SMILES string of the molecule is COc1nc(Cl)nc(N(C)Cc2cccc(Br)c2)n1. The summed E-state index contributed by atoms with van der Waals surface area (Å²) in [5, 5.41) is 0.114. The molecule has 0 saturated carbocycles. The van der Waals surface area contributed by atoms with Crippen LogP contribution >= 0.6 is 27.5 Å². The van der Waals surface area contributed by atoms with Gasteiger partial charge >= 0.3 is 6.01 Å². The van der Waals surface area contributed by atoms with Gasteiger partial charge in [-0.05, 0) is 29.3 Å². The molecule has 7 heteroatoms. The lowest BCUT2D eigenvalue weighted by atomic mass is 10.2. The predicted octanol–water partition coefficient (Wildman–Crippen LogP) is 2.93. The summed E-state index contributed by atoms with van der Waals surface area (Å²) in [6, 6.07) is 8.23. The molecular formula is C12H12BrClN4O. The number of rotatable bonds is 4. The molecule has 0 fully saturated rings. The summed E-state index contributed by atoms with van der Waals surface area (Å²) in [6.07, 6.45) is 0. The number of hydrogen-bond acceptors (Lipinski definition) is 5. The van der Waals surface area contributed by atoms with E-state index in [0.717, 1.165) is 10.0 Å². The van der Waals surface area contributed by atoms with Gasteiger partial charge in [0.1, 0.15) is 0 Å². The number of anilines is 1. The molecule has 0 aliphatic heterocycles. The second-order valence-corrected chi connectivity index (χ2v) is 5.13. The zero-order valence-electron chi connectivity index (χ0n) is 10.5. The summed E-state index contributed by atoms with van der Waals surface area (Å²) in [4.78, 5) is 13.9. The minimum Gasteiger partial charge on any atom is -0.467 e. The van der Waals surface area contributed by atoms with E-state index >= 15 is 0 Å². The van der Waals surface area contributed by atoms with Gasteiger partial charge in [-0.2, -0.15) is 15.0 Å². The van der Waals surface area contributed by atoms with Gasteiger partial charge in [0, 0.05) is 18.1 Å². The standard InChI is InChI=1S/C12H12BrClN4O/c1-18(7-8-4-3-5-9(13)6-8)11-15-10(14)16-12(17-11)19-2/h3-6H,7H2,1-2H3. The van der Waals surface area contributed by atoms with Gasteiger partial charge in [0.15, 0.2) is 0 Å². The van der Waals surface area contributed by atoms with Gasteiger partial charge in [-0.3, -0.25) is 0 Å². The molecule has 0 atom stereocenters. The Labute approximate surface area is 124 Å². The molecule has 0 amide bonds. The molecule has 0 aliphatic carbocycles. The lowest BCUT2D eigenvalue weighted by Crippen LogP contribution is -2.19. The second kappa shape index (κ2) is 6.16. The molecule has 0 saturated heterocycles. The lowest BCUT2D eigenvalue weighted by Gasteiger charge is -2.17. The van der Waals surface area contributed by atoms with Gasteiger partial charge in [-0.15, -0.1) is 0 Å². The molecule has 19 heavy (non-hydrogen) atoms. The van der Waals surface area contributed by atoms with Gasteiger partial charge < -0.3 is 9.64 Å². The Morgan fingerprint density at radius 2 is 2.11 bits per heavy atom. The van der Waals surface area contributed by atoms with Crippen LogP contribution in [0.15, 0.2) is 28.7 Å². The molecule has 0 unspecified atom stereocenters. The van der Waals surface area contributed by atoms with Crippen LogP contribution in [0.5, 0.6) is 6.01 Å². The molecule has 0 bridgehead atoms. The number of aromatic nitrogens is 3. The van der Waals surface area contributed by atoms with E-state index in [9.17, 15) is 0 Å². The quantitative estimate of drug-likeness (QED) is 0.854. The Hall–Kier alpha value is -1.40. The molecule has 2 aromatic rings. The number of methoxy groups -OCH3 is 1. The molecular weight excluding hydrogens is 332 g/mol. The Morgan fingerprint density at radius 3 is 2.79 bits per heavy atom. The van der Waals surface area contributed by atoms with Crippen molar-refractivity contribution in [1.29, 1.82) is 0 Å². The van der Waals surface area contributed by atoms with Crippen molar-refractivity contribution in [2.45, 2.75) is 6.54 Å². The second-order valence-electron chi connectivity index (χ2n) is 3.88. The van der Waals surface area contributed by atoms with Crippen LogP contribution in [0.25, 0.3) is 0 Å². The van der Waals surface area contributed by atoms with E-state index < -0.39 is 0 Å². The highest BCUT2D eigenvalue weighted by molar-refractivity contribution is 9.10. The molecule has 2 rings (SSSR count). The van der Waals surface area contributed by atoms with Crippen molar-refractivity contribution in [3.05, 3.63) is 39.6 Å². The highest BCUT2D eigenvalue weighted by Crippen LogP contribution is 2.17. The summed E-state index contributed by atoms with van der Waals surface area (Å²) >= 11 is 9.27. The lowest BCUT2D eigenvalue weighted by molar-refractivity contribution is 0.378. The first-order valence-corrected chi connectivity index (χ1v) is 6.66. The van der Waals surface area contributed by atoms with Crippen molar-refractivity contribution in [2.75, 3.05) is 19.1 Å². The predicted molar refractivity (Wildman–Crippen MR) is 77.6 cm³/mol. The monoisotopic (exact) mass is 342 g/mol. The number of halogens is 2. The molecule has 1 heterocycles. The first kappa shape index (κ1) is 14.0. The summed E-state index contributed by atoms with van der Waals surface area (Å²) in [5.74, 6) is 0.469. The van der Waals surface area contributed by atoms with E-state index in [1.165, 1.54) is 7.11 Å². The van der Waals surface area contributed by atoms with Crippen LogP contribution in [0.2, 0.25) is 5.28 Å². The first-order valence-electron chi connectivity index (χ1n) is 5.49. The molecule has 0 N–H and O–H groups in total. The van der Waals surface area contributed by atoms with Crippen molar-refractivity contribution in [3.8, 4) is 6.01 Å². The van der Waals surface area contributed by atoms with Crippen LogP contribution in [0.3, 0.4) is 0 Å². The smallest absolute Gasteiger partial charge is 0.322 e. The van der Waals surface area contributed by atoms with E-state index in [0.29, 0.717) is 12.5 Å². The van der Waals surface area contributed by atoms with Gasteiger partial charge in [-0.1, -0.05) is 28.1 Å². The topological polar surface area (TPSA) is 51.1 Å². The number of nitrogens with zero attached hydrogens (tertiary/aromatic N) is 4. The van der Waals surface area contributed by atoms with E-state index in [-0.39, 0.29) is 11.3 Å². The summed E-state index contributed by atoms with van der Waals surface area (Å²) in [5.41, 5.74) is 1.13. The van der Waals surface area contributed by atoms with Crippen molar-refractivity contribution >= 4 is 33.5 Å². The molecule has 0 aliphatic rings. The maximum atomic E-state index is 5.82. The largest absolute Gasteiger partial charge is 0.467 e. The fourth-order valence-electron chi connectivity index (χ4n) is 1.56. The van der Waals surface area contributed by atoms with Gasteiger partial charge in [-0.25, -0.2) is 0 Å². The Bertz CT molecular complexity index is 581. The van der Waals surface area contributed by atoms with Crippen LogP contribution in [-0.4, -0.2) is 29.1 Å².